The van der Waals surface area contributed by atoms with Crippen LogP contribution in [0.5, 0.6) is 0 Å². The summed E-state index contributed by atoms with van der Waals surface area (Å²) >= 11 is 0. The average molecular weight is 156 g/mol. The van der Waals surface area contributed by atoms with Gasteiger partial charge in [-0.1, -0.05) is 13.8 Å². The second kappa shape index (κ2) is 4.07. The molecular formula is C9H20N2. The Balaban J connectivity index is 1.94. The van der Waals surface area contributed by atoms with Crippen molar-refractivity contribution >= 4 is 0 Å². The largest absolute Gasteiger partial charge is 0.317 e. The van der Waals surface area contributed by atoms with Crippen molar-refractivity contribution in [1.82, 2.24) is 10.6 Å². The van der Waals surface area contributed by atoms with Gasteiger partial charge in [-0.2, -0.15) is 0 Å². The van der Waals surface area contributed by atoms with Crippen molar-refractivity contribution in [3.05, 3.63) is 0 Å². The van der Waals surface area contributed by atoms with E-state index in [4.69, 9.17) is 0 Å². The summed E-state index contributed by atoms with van der Waals surface area (Å²) in [4.78, 5) is 0. The van der Waals surface area contributed by atoms with Gasteiger partial charge in [-0.3, -0.25) is 0 Å². The maximum absolute atomic E-state index is 3.43. The molecule has 1 aliphatic heterocycles. The number of rotatable bonds is 5. The quantitative estimate of drug-likeness (QED) is 0.580. The van der Waals surface area contributed by atoms with Crippen LogP contribution in [0.15, 0.2) is 0 Å². The molecule has 0 aromatic carbocycles. The van der Waals surface area contributed by atoms with Crippen LogP contribution < -0.4 is 10.6 Å². The summed E-state index contributed by atoms with van der Waals surface area (Å²) in [7, 11) is 0. The highest BCUT2D eigenvalue weighted by atomic mass is 15.0. The topological polar surface area (TPSA) is 24.1 Å². The Kier molecular flexibility index (Phi) is 3.34. The van der Waals surface area contributed by atoms with Gasteiger partial charge in [0.15, 0.2) is 0 Å². The minimum atomic E-state index is 0.598. The van der Waals surface area contributed by atoms with Crippen LogP contribution in [0.25, 0.3) is 0 Å². The van der Waals surface area contributed by atoms with Gasteiger partial charge in [0, 0.05) is 13.1 Å². The van der Waals surface area contributed by atoms with E-state index in [1.54, 1.807) is 0 Å². The molecule has 2 nitrogen and oxygen atoms in total. The SMILES string of the molecule is CCCNCCC1(C)CNC1. The van der Waals surface area contributed by atoms with Crippen LogP contribution in [0.1, 0.15) is 26.7 Å². The molecule has 1 saturated heterocycles. The minimum absolute atomic E-state index is 0.598. The van der Waals surface area contributed by atoms with Crippen LogP contribution in [0.3, 0.4) is 0 Å². The maximum Gasteiger partial charge on any atom is 0.00180 e. The molecule has 1 fully saturated rings. The molecular weight excluding hydrogens is 136 g/mol. The van der Waals surface area contributed by atoms with E-state index in [0.717, 1.165) is 0 Å². The van der Waals surface area contributed by atoms with Gasteiger partial charge in [-0.25, -0.2) is 0 Å². The Hall–Kier alpha value is -0.0800. The number of hydrogen-bond donors (Lipinski definition) is 2. The molecule has 66 valence electrons. The number of nitrogens with one attached hydrogen (secondary N) is 2. The molecule has 0 aliphatic carbocycles. The van der Waals surface area contributed by atoms with Gasteiger partial charge in [0.25, 0.3) is 0 Å². The molecule has 0 aromatic heterocycles. The highest BCUT2D eigenvalue weighted by Gasteiger charge is 2.30. The third-order valence-corrected chi connectivity index (χ3v) is 2.44. The Bertz CT molecular complexity index is 108. The van der Waals surface area contributed by atoms with E-state index in [1.807, 2.05) is 0 Å². The first-order valence-electron chi connectivity index (χ1n) is 4.68. The van der Waals surface area contributed by atoms with Crippen LogP contribution in [0.4, 0.5) is 0 Å². The van der Waals surface area contributed by atoms with Crippen molar-refractivity contribution in [3.63, 3.8) is 0 Å². The first-order valence-corrected chi connectivity index (χ1v) is 4.68. The van der Waals surface area contributed by atoms with Crippen molar-refractivity contribution in [2.45, 2.75) is 26.7 Å². The van der Waals surface area contributed by atoms with E-state index in [9.17, 15) is 0 Å². The summed E-state index contributed by atoms with van der Waals surface area (Å²) in [5.41, 5.74) is 0.598. The molecule has 0 aromatic rings. The zero-order chi connectivity index (χ0) is 8.16. The summed E-state index contributed by atoms with van der Waals surface area (Å²) < 4.78 is 0. The molecule has 0 amide bonds. The van der Waals surface area contributed by atoms with Crippen molar-refractivity contribution in [3.8, 4) is 0 Å². The third kappa shape index (κ3) is 2.80. The van der Waals surface area contributed by atoms with Crippen LogP contribution in [-0.2, 0) is 0 Å². The van der Waals surface area contributed by atoms with Gasteiger partial charge >= 0.3 is 0 Å². The van der Waals surface area contributed by atoms with Gasteiger partial charge in [0.2, 0.25) is 0 Å². The third-order valence-electron chi connectivity index (χ3n) is 2.44. The summed E-state index contributed by atoms with van der Waals surface area (Å²) in [6.07, 6.45) is 2.56. The standard InChI is InChI=1S/C9H20N2/c1-3-5-10-6-4-9(2)7-11-8-9/h10-11H,3-8H2,1-2H3. The van der Waals surface area contributed by atoms with Crippen LogP contribution in [0.2, 0.25) is 0 Å². The van der Waals surface area contributed by atoms with Crippen molar-refractivity contribution in [1.29, 1.82) is 0 Å². The summed E-state index contributed by atoms with van der Waals surface area (Å²) in [5, 5.41) is 6.75. The van der Waals surface area contributed by atoms with Crippen molar-refractivity contribution < 1.29 is 0 Å². The van der Waals surface area contributed by atoms with E-state index in [2.05, 4.69) is 24.5 Å². The fourth-order valence-corrected chi connectivity index (χ4v) is 1.42. The lowest BCUT2D eigenvalue weighted by Crippen LogP contribution is -2.52. The van der Waals surface area contributed by atoms with Gasteiger partial charge in [0.05, 0.1) is 0 Å². The number of hydrogen-bond acceptors (Lipinski definition) is 2. The molecule has 2 N–H and O–H groups in total. The molecule has 0 spiro atoms. The van der Waals surface area contributed by atoms with Crippen molar-refractivity contribution in [2.75, 3.05) is 26.2 Å². The summed E-state index contributed by atoms with van der Waals surface area (Å²) in [6, 6.07) is 0. The zero-order valence-corrected chi connectivity index (χ0v) is 7.74. The highest BCUT2D eigenvalue weighted by molar-refractivity contribution is 4.88. The van der Waals surface area contributed by atoms with Crippen molar-refractivity contribution in [2.24, 2.45) is 5.41 Å². The van der Waals surface area contributed by atoms with Crippen LogP contribution in [0, 0.1) is 5.41 Å². The maximum atomic E-state index is 3.43. The molecule has 0 unspecified atom stereocenters. The molecule has 1 heterocycles. The fraction of sp³-hybridized carbons (Fsp3) is 1.00. The Morgan fingerprint density at radius 1 is 1.36 bits per heavy atom. The molecule has 0 radical (unpaired) electrons. The second-order valence-electron chi connectivity index (χ2n) is 3.91. The lowest BCUT2D eigenvalue weighted by atomic mass is 9.81. The Morgan fingerprint density at radius 3 is 2.55 bits per heavy atom. The predicted molar refractivity (Wildman–Crippen MR) is 48.8 cm³/mol. The fourth-order valence-electron chi connectivity index (χ4n) is 1.42. The molecule has 2 heteroatoms. The van der Waals surface area contributed by atoms with Crippen LogP contribution in [-0.4, -0.2) is 26.2 Å². The lowest BCUT2D eigenvalue weighted by molar-refractivity contribution is 0.179. The van der Waals surface area contributed by atoms with E-state index in [-0.39, 0.29) is 0 Å². The van der Waals surface area contributed by atoms with Crippen LogP contribution >= 0.6 is 0 Å². The van der Waals surface area contributed by atoms with E-state index in [0.29, 0.717) is 5.41 Å². The summed E-state index contributed by atoms with van der Waals surface area (Å²) in [5.74, 6) is 0. The van der Waals surface area contributed by atoms with E-state index in [1.165, 1.54) is 39.0 Å². The molecule has 0 saturated carbocycles. The Morgan fingerprint density at radius 2 is 2.09 bits per heavy atom. The van der Waals surface area contributed by atoms with Gasteiger partial charge in [-0.05, 0) is 31.3 Å². The molecule has 0 bridgehead atoms. The van der Waals surface area contributed by atoms with Gasteiger partial charge in [0.1, 0.15) is 0 Å². The lowest BCUT2D eigenvalue weighted by Gasteiger charge is -2.39. The first-order chi connectivity index (χ1) is 5.27. The molecule has 1 rings (SSSR count). The van der Waals surface area contributed by atoms with E-state index < -0.39 is 0 Å². The van der Waals surface area contributed by atoms with E-state index >= 15 is 0 Å². The second-order valence-corrected chi connectivity index (χ2v) is 3.91. The van der Waals surface area contributed by atoms with Gasteiger partial charge in [-0.15, -0.1) is 0 Å². The minimum Gasteiger partial charge on any atom is -0.317 e. The zero-order valence-electron chi connectivity index (χ0n) is 7.74. The molecule has 0 atom stereocenters. The normalized spacial score (nSPS) is 21.3. The Labute approximate surface area is 69.8 Å². The summed E-state index contributed by atoms with van der Waals surface area (Å²) in [6.45, 7) is 9.34. The molecule has 1 aliphatic rings. The monoisotopic (exact) mass is 156 g/mol. The smallest absolute Gasteiger partial charge is 0.00180 e. The predicted octanol–water partition coefficient (Wildman–Crippen LogP) is 0.986. The van der Waals surface area contributed by atoms with Gasteiger partial charge < -0.3 is 10.6 Å². The highest BCUT2D eigenvalue weighted by Crippen LogP contribution is 2.24. The first kappa shape index (κ1) is 9.01. The average Bonchev–Trinajstić information content (AvgIpc) is 1.95. The molecule has 11 heavy (non-hydrogen) atoms.